The van der Waals surface area contributed by atoms with Crippen molar-refractivity contribution in [3.8, 4) is 0 Å². The van der Waals surface area contributed by atoms with Crippen LogP contribution in [0, 0.1) is 47.0 Å². The standard InChI is InChI=1S/C26H23F2NO3.C26H24FNO3.C26H25NO3/c1-16(2)24(30)23(26(32)29-19-11-7-4-8-12-19)22(17-9-5-3-6-10-17)25(31)18-13-14-20(27)21(28)15-18;1-18(2)23(17-24(29)28-22-11-7-4-8-12-22)31-26(20-9-5-3-6-10-20)25(30)19-13-15-21(27)16-14-19;1-18(2)24(28)23(26(30)27-21-16-10-5-11-17-21)22(19-12-6-3-7-13-19)25(29)20-14-8-4-9-15-20/h3-16,22-23H,1-2H3,(H,29,32);3-18,26H,1-2H3,(H,28,29);3-18,22-23H,1-2H3,(H,27,30)/b;23-17-;. The van der Waals surface area contributed by atoms with Crippen LogP contribution in [0.4, 0.5) is 30.2 Å². The van der Waals surface area contributed by atoms with Crippen molar-refractivity contribution in [1.29, 1.82) is 0 Å². The van der Waals surface area contributed by atoms with Gasteiger partial charge in [-0.3, -0.25) is 38.4 Å². The highest BCUT2D eigenvalue weighted by Gasteiger charge is 2.43. The fourth-order valence-corrected chi connectivity index (χ4v) is 9.98. The molecule has 3 amide bonds. The van der Waals surface area contributed by atoms with E-state index in [1.54, 1.807) is 173 Å². The molecule has 3 N–H and O–H groups in total. The van der Waals surface area contributed by atoms with Crippen LogP contribution in [-0.2, 0) is 28.7 Å². The number of nitrogens with one attached hydrogen (secondary N) is 3. The van der Waals surface area contributed by atoms with Gasteiger partial charge in [-0.25, -0.2) is 13.2 Å². The summed E-state index contributed by atoms with van der Waals surface area (Å²) in [5, 5.41) is 8.32. The lowest BCUT2D eigenvalue weighted by Gasteiger charge is -2.26. The maximum absolute atomic E-state index is 13.9. The summed E-state index contributed by atoms with van der Waals surface area (Å²) in [4.78, 5) is 106. The number of Topliss-reactive ketones (excluding diaryl/α,β-unsaturated/α-hetero) is 5. The molecule has 93 heavy (non-hydrogen) atoms. The minimum Gasteiger partial charge on any atom is -0.481 e. The summed E-state index contributed by atoms with van der Waals surface area (Å²) in [6.45, 7) is 10.6. The fraction of sp³-hybridized carbons (Fsp3) is 0.179. The van der Waals surface area contributed by atoms with Crippen LogP contribution in [0.1, 0.15) is 107 Å². The lowest BCUT2D eigenvalue weighted by atomic mass is 9.75. The van der Waals surface area contributed by atoms with Crippen molar-refractivity contribution in [2.75, 3.05) is 16.0 Å². The Balaban J connectivity index is 0.000000198. The average Bonchev–Trinajstić information content (AvgIpc) is 0.871. The molecule has 0 bridgehead atoms. The SMILES string of the molecule is CC(C)/C(=C/C(=O)Nc1ccccc1)OC(C(=O)c1ccc(F)cc1)c1ccccc1.CC(C)C(=O)C(C(=O)Nc1ccccc1)C(C(=O)c1ccc(F)c(F)c1)c1ccccc1.CC(C)C(=O)C(C(=O)Nc1ccccc1)C(C(=O)c1ccccc1)c1ccccc1. The predicted molar refractivity (Wildman–Crippen MR) is 356 cm³/mol. The third-order valence-corrected chi connectivity index (χ3v) is 14.8. The molecule has 0 fully saturated rings. The Morgan fingerprint density at radius 2 is 0.699 bits per heavy atom. The molecule has 0 heterocycles. The average molecular weight is 1250 g/mol. The van der Waals surface area contributed by atoms with Gasteiger partial charge in [-0.05, 0) is 90.0 Å². The highest BCUT2D eigenvalue weighted by molar-refractivity contribution is 6.16. The van der Waals surface area contributed by atoms with E-state index in [1.165, 1.54) is 30.3 Å². The summed E-state index contributed by atoms with van der Waals surface area (Å²) in [5.74, 6) is -11.4. The zero-order chi connectivity index (χ0) is 67.0. The number of benzene rings is 9. The van der Waals surface area contributed by atoms with E-state index in [4.69, 9.17) is 4.74 Å². The van der Waals surface area contributed by atoms with E-state index in [2.05, 4.69) is 16.0 Å². The molecule has 9 aromatic rings. The lowest BCUT2D eigenvalue weighted by Crippen LogP contribution is -2.40. The first kappa shape index (κ1) is 69.5. The summed E-state index contributed by atoms with van der Waals surface area (Å²) in [5.41, 5.74) is 4.13. The van der Waals surface area contributed by atoms with Crippen molar-refractivity contribution < 1.29 is 56.3 Å². The van der Waals surface area contributed by atoms with Crippen molar-refractivity contribution >= 4 is 63.7 Å². The van der Waals surface area contributed by atoms with Gasteiger partial charge in [0.1, 0.15) is 35.0 Å². The maximum Gasteiger partial charge on any atom is 0.251 e. The van der Waals surface area contributed by atoms with E-state index >= 15 is 0 Å². The molecule has 9 aromatic carbocycles. The fourth-order valence-electron chi connectivity index (χ4n) is 9.98. The second-order valence-corrected chi connectivity index (χ2v) is 22.6. The summed E-state index contributed by atoms with van der Waals surface area (Å²) >= 11 is 0. The number of halogens is 3. The summed E-state index contributed by atoms with van der Waals surface area (Å²) in [6, 6.07) is 70.1. The van der Waals surface area contributed by atoms with Gasteiger partial charge in [0.2, 0.25) is 17.6 Å². The van der Waals surface area contributed by atoms with Gasteiger partial charge >= 0.3 is 0 Å². The molecule has 0 saturated carbocycles. The molecule has 12 nitrogen and oxygen atoms in total. The van der Waals surface area contributed by atoms with Gasteiger partial charge in [0.25, 0.3) is 5.91 Å². The lowest BCUT2D eigenvalue weighted by molar-refractivity contribution is -0.135. The molecule has 15 heteroatoms. The molecule has 9 rings (SSSR count). The monoisotopic (exact) mass is 1250 g/mol. The van der Waals surface area contributed by atoms with E-state index in [0.29, 0.717) is 50.6 Å². The van der Waals surface area contributed by atoms with E-state index in [0.717, 1.165) is 18.2 Å². The Hall–Kier alpha value is -10.9. The Bertz CT molecular complexity index is 3990. The number of allylic oxidation sites excluding steroid dienone is 1. The number of ketones is 5. The molecular formula is C78H72F3N3O9. The van der Waals surface area contributed by atoms with Crippen LogP contribution < -0.4 is 16.0 Å². The first-order valence-electron chi connectivity index (χ1n) is 30.3. The second-order valence-electron chi connectivity index (χ2n) is 22.6. The zero-order valence-electron chi connectivity index (χ0n) is 52.3. The summed E-state index contributed by atoms with van der Waals surface area (Å²) in [6.07, 6.45) is 0.399. The third kappa shape index (κ3) is 19.8. The predicted octanol–water partition coefficient (Wildman–Crippen LogP) is 16.5. The highest BCUT2D eigenvalue weighted by atomic mass is 19.2. The van der Waals surface area contributed by atoms with E-state index in [1.807, 2.05) is 80.6 Å². The largest absolute Gasteiger partial charge is 0.481 e. The van der Waals surface area contributed by atoms with Crippen molar-refractivity contribution in [3.63, 3.8) is 0 Å². The molecule has 0 radical (unpaired) electrons. The minimum absolute atomic E-state index is 0.119. The van der Waals surface area contributed by atoms with E-state index < -0.39 is 82.4 Å². The number of anilines is 3. The Kier molecular flexibility index (Phi) is 25.7. The van der Waals surface area contributed by atoms with E-state index in [9.17, 15) is 51.5 Å². The minimum atomic E-state index is -1.36. The number of carbonyl (C=O) groups is 8. The molecule has 0 spiro atoms. The molecule has 0 aliphatic heterocycles. The van der Waals surface area contributed by atoms with Crippen LogP contribution in [0.2, 0.25) is 0 Å². The van der Waals surface area contributed by atoms with Crippen molar-refractivity contribution in [3.05, 3.63) is 317 Å². The van der Waals surface area contributed by atoms with Crippen molar-refractivity contribution in [1.82, 2.24) is 0 Å². The van der Waals surface area contributed by atoms with Gasteiger partial charge in [0, 0.05) is 63.1 Å². The van der Waals surface area contributed by atoms with Crippen LogP contribution in [0.5, 0.6) is 0 Å². The smallest absolute Gasteiger partial charge is 0.251 e. The highest BCUT2D eigenvalue weighted by Crippen LogP contribution is 2.35. The summed E-state index contributed by atoms with van der Waals surface area (Å²) in [7, 11) is 0. The Morgan fingerprint density at radius 1 is 0.355 bits per heavy atom. The van der Waals surface area contributed by atoms with Gasteiger partial charge < -0.3 is 20.7 Å². The number of carbonyl (C=O) groups excluding carboxylic acids is 8. The van der Waals surface area contributed by atoms with Crippen LogP contribution in [0.15, 0.2) is 267 Å². The van der Waals surface area contributed by atoms with Crippen LogP contribution in [0.3, 0.4) is 0 Å². The molecule has 0 aromatic heterocycles. The molecular weight excluding hydrogens is 1180 g/mol. The Morgan fingerprint density at radius 3 is 1.09 bits per heavy atom. The Labute approximate surface area is 540 Å². The molecule has 5 unspecified atom stereocenters. The molecule has 0 aliphatic rings. The van der Waals surface area contributed by atoms with Crippen LogP contribution in [0.25, 0.3) is 0 Å². The maximum atomic E-state index is 13.9. The topological polar surface area (TPSA) is 182 Å². The third-order valence-electron chi connectivity index (χ3n) is 14.8. The van der Waals surface area contributed by atoms with Crippen LogP contribution in [-0.4, -0.2) is 46.6 Å². The molecule has 5 atom stereocenters. The first-order valence-corrected chi connectivity index (χ1v) is 30.3. The second kappa shape index (κ2) is 34.3. The van der Waals surface area contributed by atoms with Crippen LogP contribution >= 0.6 is 0 Å². The van der Waals surface area contributed by atoms with Gasteiger partial charge in [-0.15, -0.1) is 0 Å². The van der Waals surface area contributed by atoms with Gasteiger partial charge in [-0.1, -0.05) is 217 Å². The molecule has 0 aliphatic carbocycles. The molecule has 0 saturated heterocycles. The van der Waals surface area contributed by atoms with E-state index in [-0.39, 0.29) is 34.7 Å². The number of ether oxygens (including phenoxy) is 1. The number of para-hydroxylation sites is 3. The van der Waals surface area contributed by atoms with Gasteiger partial charge in [-0.2, -0.15) is 0 Å². The van der Waals surface area contributed by atoms with Gasteiger partial charge in [0.15, 0.2) is 29.3 Å². The number of rotatable bonds is 24. The summed E-state index contributed by atoms with van der Waals surface area (Å²) < 4.78 is 46.7. The van der Waals surface area contributed by atoms with Gasteiger partial charge in [0.05, 0.1) is 11.8 Å². The van der Waals surface area contributed by atoms with Crippen molar-refractivity contribution in [2.24, 2.45) is 29.6 Å². The van der Waals surface area contributed by atoms with Crippen molar-refractivity contribution in [2.45, 2.75) is 59.5 Å². The number of hydrogen-bond acceptors (Lipinski definition) is 9. The first-order chi connectivity index (χ1) is 44.7. The molecule has 474 valence electrons. The zero-order valence-corrected chi connectivity index (χ0v) is 52.3. The number of amides is 3. The number of hydrogen-bond donors (Lipinski definition) is 3. The quantitative estimate of drug-likeness (QED) is 0.0229. The normalized spacial score (nSPS) is 12.6.